The van der Waals surface area contributed by atoms with Crippen molar-refractivity contribution in [3.05, 3.63) is 11.4 Å². The van der Waals surface area contributed by atoms with Gasteiger partial charge in [-0.15, -0.1) is 0 Å². The molecule has 1 aromatic heterocycles. The van der Waals surface area contributed by atoms with Gasteiger partial charge in [-0.05, 0) is 26.7 Å². The molecule has 2 N–H and O–H groups in total. The second-order valence-electron chi connectivity index (χ2n) is 4.19. The van der Waals surface area contributed by atoms with Crippen LogP contribution in [0.15, 0.2) is 0 Å². The highest BCUT2D eigenvalue weighted by atomic mass is 15.2. The van der Waals surface area contributed by atoms with Crippen LogP contribution < -0.4 is 10.6 Å². The van der Waals surface area contributed by atoms with Crippen molar-refractivity contribution in [1.29, 1.82) is 0 Å². The highest BCUT2D eigenvalue weighted by molar-refractivity contribution is 5.56. The number of aryl methyl sites for hydroxylation is 1. The third-order valence-electron chi connectivity index (χ3n) is 3.09. The van der Waals surface area contributed by atoms with Crippen LogP contribution in [0.25, 0.3) is 0 Å². The van der Waals surface area contributed by atoms with Crippen molar-refractivity contribution < 1.29 is 0 Å². The fraction of sp³-hybridized carbons (Fsp3) is 0.667. The molecular weight excluding hydrogens is 200 g/mol. The summed E-state index contributed by atoms with van der Waals surface area (Å²) in [6.45, 7) is 8.23. The third kappa shape index (κ3) is 2.43. The molecule has 0 unspecified atom stereocenters. The molecule has 0 aromatic carbocycles. The molecule has 0 atom stereocenters. The smallest absolute Gasteiger partial charge is 0.137 e. The minimum absolute atomic E-state index is 0.507. The zero-order valence-corrected chi connectivity index (χ0v) is 10.9. The van der Waals surface area contributed by atoms with Gasteiger partial charge in [0.05, 0.1) is 0 Å². The third-order valence-corrected chi connectivity index (χ3v) is 3.09. The lowest BCUT2D eigenvalue weighted by Gasteiger charge is -2.29. The molecule has 0 radical (unpaired) electrons. The predicted octanol–water partition coefficient (Wildman–Crippen LogP) is 2.30. The normalized spacial score (nSPS) is 10.9. The van der Waals surface area contributed by atoms with E-state index >= 15 is 0 Å². The molecule has 0 fully saturated rings. The molecule has 4 nitrogen and oxygen atoms in total. The number of rotatable bonds is 4. The van der Waals surface area contributed by atoms with Crippen LogP contribution in [0.3, 0.4) is 0 Å². The highest BCUT2D eigenvalue weighted by Crippen LogP contribution is 2.23. The molecule has 4 heteroatoms. The molecule has 0 amide bonds. The molecule has 0 aliphatic rings. The van der Waals surface area contributed by atoms with E-state index in [4.69, 9.17) is 5.73 Å². The Bertz CT molecular complexity index is 358. The second kappa shape index (κ2) is 5.14. The molecule has 1 rings (SSSR count). The highest BCUT2D eigenvalue weighted by Gasteiger charge is 2.16. The Hall–Kier alpha value is -1.32. The summed E-state index contributed by atoms with van der Waals surface area (Å²) >= 11 is 0. The van der Waals surface area contributed by atoms with Gasteiger partial charge >= 0.3 is 0 Å². The molecule has 16 heavy (non-hydrogen) atoms. The Kier molecular flexibility index (Phi) is 4.10. The monoisotopic (exact) mass is 222 g/mol. The van der Waals surface area contributed by atoms with Crippen molar-refractivity contribution in [3.63, 3.8) is 0 Å². The minimum atomic E-state index is 0.507. The Labute approximate surface area is 97.9 Å². The van der Waals surface area contributed by atoms with E-state index in [9.17, 15) is 0 Å². The van der Waals surface area contributed by atoms with E-state index in [-0.39, 0.29) is 0 Å². The van der Waals surface area contributed by atoms with Gasteiger partial charge in [-0.3, -0.25) is 0 Å². The van der Waals surface area contributed by atoms with Crippen molar-refractivity contribution in [2.45, 2.75) is 46.6 Å². The number of nitrogens with zero attached hydrogens (tertiary/aromatic N) is 3. The van der Waals surface area contributed by atoms with Crippen molar-refractivity contribution in [1.82, 2.24) is 9.97 Å². The van der Waals surface area contributed by atoms with Crippen molar-refractivity contribution >= 4 is 11.6 Å². The average Bonchev–Trinajstić information content (AvgIpc) is 2.24. The number of nitrogens with two attached hydrogens (primary N) is 1. The lowest BCUT2D eigenvalue weighted by atomic mass is 10.1. The summed E-state index contributed by atoms with van der Waals surface area (Å²) in [6, 6.07) is 0.507. The first-order valence-electron chi connectivity index (χ1n) is 5.84. The summed E-state index contributed by atoms with van der Waals surface area (Å²) in [7, 11) is 2.08. The zero-order chi connectivity index (χ0) is 12.3. The molecule has 0 spiro atoms. The molecule has 0 saturated carbocycles. The molecule has 1 aromatic rings. The lowest BCUT2D eigenvalue weighted by Crippen LogP contribution is -2.32. The van der Waals surface area contributed by atoms with E-state index < -0.39 is 0 Å². The van der Waals surface area contributed by atoms with Crippen LogP contribution in [-0.2, 0) is 0 Å². The first-order chi connectivity index (χ1) is 7.51. The van der Waals surface area contributed by atoms with Gasteiger partial charge in [0.25, 0.3) is 0 Å². The van der Waals surface area contributed by atoms with Gasteiger partial charge in [0.2, 0.25) is 0 Å². The quantitative estimate of drug-likeness (QED) is 0.849. The molecule has 1 heterocycles. The number of anilines is 2. The number of hydrogen-bond acceptors (Lipinski definition) is 4. The molecule has 0 aliphatic heterocycles. The van der Waals surface area contributed by atoms with Crippen LogP contribution in [0.5, 0.6) is 0 Å². The van der Waals surface area contributed by atoms with E-state index in [2.05, 4.69) is 35.8 Å². The Morgan fingerprint density at radius 2 is 1.75 bits per heavy atom. The van der Waals surface area contributed by atoms with Gasteiger partial charge in [-0.25, -0.2) is 9.97 Å². The van der Waals surface area contributed by atoms with Gasteiger partial charge in [0, 0.05) is 18.7 Å². The molecule has 0 aliphatic carbocycles. The van der Waals surface area contributed by atoms with E-state index in [0.717, 1.165) is 30.0 Å². The summed E-state index contributed by atoms with van der Waals surface area (Å²) in [4.78, 5) is 10.9. The topological polar surface area (TPSA) is 55.0 Å². The Morgan fingerprint density at radius 1 is 1.19 bits per heavy atom. The number of nitrogen functional groups attached to an aromatic ring is 1. The largest absolute Gasteiger partial charge is 0.383 e. The van der Waals surface area contributed by atoms with Gasteiger partial charge in [0.1, 0.15) is 17.5 Å². The summed E-state index contributed by atoms with van der Waals surface area (Å²) in [5.41, 5.74) is 6.84. The summed E-state index contributed by atoms with van der Waals surface area (Å²) < 4.78 is 0. The average molecular weight is 222 g/mol. The van der Waals surface area contributed by atoms with Crippen LogP contribution in [-0.4, -0.2) is 23.1 Å². The van der Waals surface area contributed by atoms with E-state index in [0.29, 0.717) is 11.9 Å². The zero-order valence-electron chi connectivity index (χ0n) is 10.9. The van der Waals surface area contributed by atoms with E-state index in [1.165, 1.54) is 0 Å². The maximum atomic E-state index is 5.86. The molecule has 0 bridgehead atoms. The fourth-order valence-corrected chi connectivity index (χ4v) is 1.99. The standard InChI is InChI=1S/C12H22N4/c1-6-10(7-2)16(5)12-8(3)11(13)14-9(4)15-12/h10H,6-7H2,1-5H3,(H2,13,14,15). The van der Waals surface area contributed by atoms with Gasteiger partial charge in [-0.2, -0.15) is 0 Å². The maximum Gasteiger partial charge on any atom is 0.137 e. The summed E-state index contributed by atoms with van der Waals surface area (Å²) in [5.74, 6) is 2.27. The summed E-state index contributed by atoms with van der Waals surface area (Å²) in [5, 5.41) is 0. The number of hydrogen-bond donors (Lipinski definition) is 1. The van der Waals surface area contributed by atoms with E-state index in [1.807, 2.05) is 13.8 Å². The van der Waals surface area contributed by atoms with Crippen LogP contribution in [0.1, 0.15) is 38.1 Å². The van der Waals surface area contributed by atoms with Crippen LogP contribution in [0.2, 0.25) is 0 Å². The molecule has 0 saturated heterocycles. The van der Waals surface area contributed by atoms with Crippen molar-refractivity contribution in [2.24, 2.45) is 0 Å². The van der Waals surface area contributed by atoms with Crippen molar-refractivity contribution in [3.8, 4) is 0 Å². The summed E-state index contributed by atoms with van der Waals surface area (Å²) in [6.07, 6.45) is 2.21. The number of aromatic nitrogens is 2. The fourth-order valence-electron chi connectivity index (χ4n) is 1.99. The van der Waals surface area contributed by atoms with Crippen LogP contribution >= 0.6 is 0 Å². The second-order valence-corrected chi connectivity index (χ2v) is 4.19. The predicted molar refractivity (Wildman–Crippen MR) is 68.7 cm³/mol. The first-order valence-corrected chi connectivity index (χ1v) is 5.84. The molecular formula is C12H22N4. The lowest BCUT2D eigenvalue weighted by molar-refractivity contribution is 0.584. The first kappa shape index (κ1) is 12.7. The minimum Gasteiger partial charge on any atom is -0.383 e. The Morgan fingerprint density at radius 3 is 2.25 bits per heavy atom. The van der Waals surface area contributed by atoms with Gasteiger partial charge < -0.3 is 10.6 Å². The van der Waals surface area contributed by atoms with Crippen molar-refractivity contribution in [2.75, 3.05) is 17.7 Å². The Balaban J connectivity index is 3.11. The SMILES string of the molecule is CCC(CC)N(C)c1nc(C)nc(N)c1C. The van der Waals surface area contributed by atoms with Gasteiger partial charge in [-0.1, -0.05) is 13.8 Å². The maximum absolute atomic E-state index is 5.86. The van der Waals surface area contributed by atoms with E-state index in [1.54, 1.807) is 0 Å². The van der Waals surface area contributed by atoms with Crippen LogP contribution in [0.4, 0.5) is 11.6 Å². The molecule has 90 valence electrons. The van der Waals surface area contributed by atoms with Gasteiger partial charge in [0.15, 0.2) is 0 Å². The van der Waals surface area contributed by atoms with Crippen LogP contribution in [0, 0.1) is 13.8 Å².